The van der Waals surface area contributed by atoms with Gasteiger partial charge in [0.1, 0.15) is 22.7 Å². The molecule has 0 radical (unpaired) electrons. The van der Waals surface area contributed by atoms with E-state index < -0.39 is 29.4 Å². The van der Waals surface area contributed by atoms with E-state index in [2.05, 4.69) is 21.3 Å². The molecule has 4 N–H and O–H groups in total. The molecule has 0 aliphatic heterocycles. The van der Waals surface area contributed by atoms with Crippen molar-refractivity contribution in [1.82, 2.24) is 0 Å². The molecule has 2 aromatic rings. The number of hydrogen-bond acceptors (Lipinski definition) is 7. The summed E-state index contributed by atoms with van der Waals surface area (Å²) in [5.74, 6) is 0.663. The summed E-state index contributed by atoms with van der Waals surface area (Å²) in [7, 11) is 2.89. The maximum absolute atomic E-state index is 12.5. The molecule has 196 valence electrons. The Morgan fingerprint density at radius 2 is 0.972 bits per heavy atom. The summed E-state index contributed by atoms with van der Waals surface area (Å²) < 4.78 is 21.1. The molecule has 0 saturated heterocycles. The van der Waals surface area contributed by atoms with Crippen molar-refractivity contribution in [3.8, 4) is 11.5 Å². The maximum Gasteiger partial charge on any atom is 0.412 e. The number of urea groups is 1. The lowest BCUT2D eigenvalue weighted by Gasteiger charge is -2.20. The summed E-state index contributed by atoms with van der Waals surface area (Å²) in [5.41, 5.74) is 0.322. The van der Waals surface area contributed by atoms with Crippen LogP contribution in [0, 0.1) is 0 Å². The summed E-state index contributed by atoms with van der Waals surface area (Å²) in [4.78, 5) is 36.6. The third kappa shape index (κ3) is 9.24. The van der Waals surface area contributed by atoms with Crippen molar-refractivity contribution in [3.05, 3.63) is 36.4 Å². The average molecular weight is 503 g/mol. The van der Waals surface area contributed by atoms with Gasteiger partial charge in [-0.1, -0.05) is 0 Å². The molecule has 4 amide bonds. The minimum Gasteiger partial charge on any atom is -0.494 e. The molecule has 0 fully saturated rings. The topological polar surface area (TPSA) is 136 Å². The minimum absolute atomic E-state index is 0.331. The number of anilines is 4. The third-order valence-corrected chi connectivity index (χ3v) is 4.19. The first kappa shape index (κ1) is 28.1. The van der Waals surface area contributed by atoms with Crippen LogP contribution in [0.1, 0.15) is 41.5 Å². The second-order valence-electron chi connectivity index (χ2n) is 9.66. The van der Waals surface area contributed by atoms with Crippen molar-refractivity contribution in [1.29, 1.82) is 0 Å². The van der Waals surface area contributed by atoms with E-state index in [1.54, 1.807) is 77.9 Å². The predicted octanol–water partition coefficient (Wildman–Crippen LogP) is 6.04. The van der Waals surface area contributed by atoms with E-state index in [9.17, 15) is 14.4 Å². The highest BCUT2D eigenvalue weighted by atomic mass is 16.6. The van der Waals surface area contributed by atoms with Crippen LogP contribution in [0.25, 0.3) is 0 Å². The second-order valence-corrected chi connectivity index (χ2v) is 9.66. The standard InChI is InChI=1S/C25H34N4O7/c1-24(2,3)35-22(31)28-17-11-9-15(13-19(17)33-7)26-21(30)27-16-10-12-18(20(14-16)34-8)29-23(32)36-25(4,5)6/h9-14H,1-8H3,(H,28,31)(H,29,32)(H2,26,27,30). The summed E-state index contributed by atoms with van der Waals surface area (Å²) >= 11 is 0. The molecule has 11 heteroatoms. The summed E-state index contributed by atoms with van der Waals surface area (Å²) in [6.07, 6.45) is -1.25. The number of nitrogens with one attached hydrogen (secondary N) is 4. The fraction of sp³-hybridized carbons (Fsp3) is 0.400. The quantitative estimate of drug-likeness (QED) is 0.378. The van der Waals surface area contributed by atoms with Gasteiger partial charge in [-0.15, -0.1) is 0 Å². The van der Waals surface area contributed by atoms with Crippen molar-refractivity contribution in [2.24, 2.45) is 0 Å². The van der Waals surface area contributed by atoms with E-state index in [0.29, 0.717) is 34.2 Å². The van der Waals surface area contributed by atoms with Gasteiger partial charge >= 0.3 is 18.2 Å². The van der Waals surface area contributed by atoms with Gasteiger partial charge in [-0.05, 0) is 65.8 Å². The molecule has 0 unspecified atom stereocenters. The molecule has 0 saturated carbocycles. The van der Waals surface area contributed by atoms with Crippen molar-refractivity contribution >= 4 is 41.0 Å². The molecule has 2 rings (SSSR count). The van der Waals surface area contributed by atoms with Gasteiger partial charge in [0.05, 0.1) is 25.6 Å². The first-order chi connectivity index (χ1) is 16.7. The third-order valence-electron chi connectivity index (χ3n) is 4.19. The largest absolute Gasteiger partial charge is 0.494 e. The summed E-state index contributed by atoms with van der Waals surface area (Å²) in [6, 6.07) is 8.95. The molecule has 0 aliphatic rings. The first-order valence-electron chi connectivity index (χ1n) is 11.1. The zero-order chi connectivity index (χ0) is 27.1. The number of amides is 4. The highest BCUT2D eigenvalue weighted by molar-refractivity contribution is 6.01. The van der Waals surface area contributed by atoms with Crippen molar-refractivity contribution in [2.45, 2.75) is 52.7 Å². The maximum atomic E-state index is 12.5. The smallest absolute Gasteiger partial charge is 0.412 e. The van der Waals surface area contributed by atoms with Crippen LogP contribution in [0.4, 0.5) is 37.1 Å². The average Bonchev–Trinajstić information content (AvgIpc) is 2.73. The van der Waals surface area contributed by atoms with Gasteiger partial charge in [-0.25, -0.2) is 14.4 Å². The van der Waals surface area contributed by atoms with E-state index in [1.807, 2.05) is 0 Å². The molecule has 0 aromatic heterocycles. The van der Waals surface area contributed by atoms with E-state index in [4.69, 9.17) is 18.9 Å². The fourth-order valence-corrected chi connectivity index (χ4v) is 2.87. The predicted molar refractivity (Wildman–Crippen MR) is 138 cm³/mol. The van der Waals surface area contributed by atoms with Gasteiger partial charge < -0.3 is 29.6 Å². The van der Waals surface area contributed by atoms with Crippen molar-refractivity contribution in [2.75, 3.05) is 35.5 Å². The van der Waals surface area contributed by atoms with Crippen molar-refractivity contribution < 1.29 is 33.3 Å². The Labute approximate surface area is 210 Å². The Balaban J connectivity index is 2.05. The molecule has 0 atom stereocenters. The first-order valence-corrected chi connectivity index (χ1v) is 11.1. The second kappa shape index (κ2) is 11.5. The normalized spacial score (nSPS) is 11.1. The molecule has 11 nitrogen and oxygen atoms in total. The molecular weight excluding hydrogens is 468 g/mol. The Morgan fingerprint density at radius 1 is 0.611 bits per heavy atom. The van der Waals surface area contributed by atoms with Crippen LogP contribution in [0.15, 0.2) is 36.4 Å². The SMILES string of the molecule is COc1cc(NC(=O)Nc2ccc(NC(=O)OC(C)(C)C)c(OC)c2)ccc1NC(=O)OC(C)(C)C. The van der Waals surface area contributed by atoms with Gasteiger partial charge in [0.2, 0.25) is 0 Å². The monoisotopic (exact) mass is 502 g/mol. The van der Waals surface area contributed by atoms with Gasteiger partial charge in [0, 0.05) is 23.5 Å². The summed E-state index contributed by atoms with van der Waals surface area (Å²) in [6.45, 7) is 10.6. The molecule has 0 spiro atoms. The van der Waals surface area contributed by atoms with Crippen LogP contribution in [0.2, 0.25) is 0 Å². The Morgan fingerprint density at radius 3 is 1.28 bits per heavy atom. The van der Waals surface area contributed by atoms with Crippen molar-refractivity contribution in [3.63, 3.8) is 0 Å². The van der Waals surface area contributed by atoms with Gasteiger partial charge in [-0.3, -0.25) is 10.6 Å². The van der Waals surface area contributed by atoms with E-state index in [1.165, 1.54) is 14.2 Å². The number of rotatable bonds is 6. The number of hydrogen-bond donors (Lipinski definition) is 4. The van der Waals surface area contributed by atoms with Gasteiger partial charge in [-0.2, -0.15) is 0 Å². The van der Waals surface area contributed by atoms with E-state index >= 15 is 0 Å². The molecule has 36 heavy (non-hydrogen) atoms. The molecule has 0 heterocycles. The number of methoxy groups -OCH3 is 2. The van der Waals surface area contributed by atoms with E-state index in [-0.39, 0.29) is 0 Å². The minimum atomic E-state index is -0.649. The molecule has 0 aliphatic carbocycles. The van der Waals surface area contributed by atoms with Crippen LogP contribution in [0.5, 0.6) is 11.5 Å². The number of benzene rings is 2. The zero-order valence-electron chi connectivity index (χ0n) is 21.8. The van der Waals surface area contributed by atoms with E-state index in [0.717, 1.165) is 0 Å². The number of carbonyl (C=O) groups excluding carboxylic acids is 3. The lowest BCUT2D eigenvalue weighted by Crippen LogP contribution is -2.27. The highest BCUT2D eigenvalue weighted by Gasteiger charge is 2.19. The Hall–Kier alpha value is -4.15. The van der Waals surface area contributed by atoms with Crippen LogP contribution < -0.4 is 30.7 Å². The zero-order valence-corrected chi connectivity index (χ0v) is 21.8. The Bertz CT molecular complexity index is 1020. The molecule has 0 bridgehead atoms. The molecule has 2 aromatic carbocycles. The highest BCUT2D eigenvalue weighted by Crippen LogP contribution is 2.30. The molecular formula is C25H34N4O7. The van der Waals surface area contributed by atoms with Crippen LogP contribution >= 0.6 is 0 Å². The fourth-order valence-electron chi connectivity index (χ4n) is 2.87. The van der Waals surface area contributed by atoms with Gasteiger partial charge in [0.25, 0.3) is 0 Å². The lowest BCUT2D eigenvalue weighted by atomic mass is 10.2. The number of carbonyl (C=O) groups is 3. The van der Waals surface area contributed by atoms with Gasteiger partial charge in [0.15, 0.2) is 0 Å². The summed E-state index contributed by atoms with van der Waals surface area (Å²) in [5, 5.41) is 10.6. The Kier molecular flexibility index (Phi) is 8.99. The van der Waals surface area contributed by atoms with Crippen LogP contribution in [-0.4, -0.2) is 43.6 Å². The van der Waals surface area contributed by atoms with Crippen LogP contribution in [0.3, 0.4) is 0 Å². The lowest BCUT2D eigenvalue weighted by molar-refractivity contribution is 0.0624. The number of ether oxygens (including phenoxy) is 4. The van der Waals surface area contributed by atoms with Crippen LogP contribution in [-0.2, 0) is 9.47 Å².